The van der Waals surface area contributed by atoms with Gasteiger partial charge in [0.1, 0.15) is 5.75 Å². The number of anilines is 1. The van der Waals surface area contributed by atoms with E-state index >= 15 is 0 Å². The van der Waals surface area contributed by atoms with Crippen LogP contribution in [0.4, 0.5) is 5.69 Å². The van der Waals surface area contributed by atoms with Crippen LogP contribution in [0.3, 0.4) is 0 Å². The summed E-state index contributed by atoms with van der Waals surface area (Å²) in [4.78, 5) is 2.50. The van der Waals surface area contributed by atoms with Gasteiger partial charge in [-0.05, 0) is 55.2 Å². The molecule has 0 unspecified atom stereocenters. The number of nitrogens with one attached hydrogen (secondary N) is 2. The van der Waals surface area contributed by atoms with Gasteiger partial charge >= 0.3 is 0 Å². The molecular weight excluding hydrogens is 374 g/mol. The highest BCUT2D eigenvalue weighted by atomic mass is 32.2. The second-order valence-electron chi connectivity index (χ2n) is 9.11. The fourth-order valence-corrected chi connectivity index (χ4v) is 5.68. The molecule has 158 valence electrons. The van der Waals surface area contributed by atoms with Crippen molar-refractivity contribution in [3.63, 3.8) is 0 Å². The van der Waals surface area contributed by atoms with E-state index in [1.165, 1.54) is 0 Å². The Hall–Kier alpha value is -1.31. The number of ether oxygens (including phenoxy) is 1. The Kier molecular flexibility index (Phi) is 6.57. The van der Waals surface area contributed by atoms with Gasteiger partial charge in [0.25, 0.3) is 0 Å². The lowest BCUT2D eigenvalue weighted by atomic mass is 9.71. The van der Waals surface area contributed by atoms with Crippen molar-refractivity contribution in [2.45, 2.75) is 57.4 Å². The zero-order chi connectivity index (χ0) is 20.4. The second kappa shape index (κ2) is 8.59. The molecule has 0 spiro atoms. The van der Waals surface area contributed by atoms with Crippen LogP contribution in [0.2, 0.25) is 0 Å². The van der Waals surface area contributed by atoms with Crippen LogP contribution in [0.5, 0.6) is 5.75 Å². The molecule has 0 atom stereocenters. The molecule has 1 saturated heterocycles. The van der Waals surface area contributed by atoms with Crippen LogP contribution in [-0.4, -0.2) is 47.7 Å². The molecule has 0 aromatic heterocycles. The minimum absolute atomic E-state index is 0.0216. The zero-order valence-electron chi connectivity index (χ0n) is 17.6. The predicted molar refractivity (Wildman–Crippen MR) is 114 cm³/mol. The van der Waals surface area contributed by atoms with E-state index in [1.54, 1.807) is 25.3 Å². The Labute approximate surface area is 170 Å². The Morgan fingerprint density at radius 2 is 1.75 bits per heavy atom. The van der Waals surface area contributed by atoms with Crippen molar-refractivity contribution in [1.82, 2.24) is 10.0 Å². The highest BCUT2D eigenvalue weighted by Gasteiger charge is 2.32. The first-order valence-electron chi connectivity index (χ1n) is 10.4. The van der Waals surface area contributed by atoms with Crippen molar-refractivity contribution >= 4 is 15.7 Å². The van der Waals surface area contributed by atoms with Crippen LogP contribution in [0, 0.1) is 11.3 Å². The highest BCUT2D eigenvalue weighted by Crippen LogP contribution is 2.38. The first kappa shape index (κ1) is 21.4. The van der Waals surface area contributed by atoms with Crippen LogP contribution >= 0.6 is 0 Å². The summed E-state index contributed by atoms with van der Waals surface area (Å²) in [6, 6.07) is 5.19. The number of rotatable bonds is 5. The maximum atomic E-state index is 13.0. The largest absolute Gasteiger partial charge is 0.495 e. The fraction of sp³-hybridized carbons (Fsp3) is 0.714. The van der Waals surface area contributed by atoms with Crippen LogP contribution in [0.25, 0.3) is 0 Å². The molecule has 28 heavy (non-hydrogen) atoms. The molecule has 1 heterocycles. The minimum Gasteiger partial charge on any atom is -0.495 e. The van der Waals surface area contributed by atoms with Crippen molar-refractivity contribution < 1.29 is 13.2 Å². The van der Waals surface area contributed by atoms with E-state index in [0.717, 1.165) is 57.5 Å². The Bertz CT molecular complexity index is 760. The molecule has 1 aromatic carbocycles. The third-order valence-corrected chi connectivity index (χ3v) is 7.71. The summed E-state index contributed by atoms with van der Waals surface area (Å²) in [6.45, 7) is 10.3. The van der Waals surface area contributed by atoms with E-state index in [1.807, 2.05) is 0 Å². The molecular formula is C21H35N3O3S. The molecule has 1 saturated carbocycles. The summed E-state index contributed by atoms with van der Waals surface area (Å²) in [7, 11) is -1.92. The lowest BCUT2D eigenvalue weighted by Crippen LogP contribution is -2.43. The Morgan fingerprint density at radius 3 is 2.32 bits per heavy atom. The zero-order valence-corrected chi connectivity index (χ0v) is 18.4. The number of piperazine rings is 1. The number of benzene rings is 1. The fourth-order valence-electron chi connectivity index (χ4n) is 4.35. The van der Waals surface area contributed by atoms with E-state index in [0.29, 0.717) is 16.6 Å². The maximum Gasteiger partial charge on any atom is 0.240 e. The average Bonchev–Trinajstić information content (AvgIpc) is 2.67. The van der Waals surface area contributed by atoms with Gasteiger partial charge in [0.2, 0.25) is 10.0 Å². The minimum atomic E-state index is -3.55. The summed E-state index contributed by atoms with van der Waals surface area (Å²) in [6.07, 6.45) is 3.96. The first-order valence-corrected chi connectivity index (χ1v) is 11.8. The summed E-state index contributed by atoms with van der Waals surface area (Å²) < 4.78 is 34.5. The molecule has 3 rings (SSSR count). The number of hydrogen-bond donors (Lipinski definition) is 2. The van der Waals surface area contributed by atoms with Crippen LogP contribution in [0.1, 0.15) is 46.5 Å². The Morgan fingerprint density at radius 1 is 1.11 bits per heavy atom. The molecule has 2 N–H and O–H groups in total. The maximum absolute atomic E-state index is 13.0. The molecule has 2 aliphatic rings. The Balaban J connectivity index is 1.73. The van der Waals surface area contributed by atoms with E-state index < -0.39 is 10.0 Å². The number of hydrogen-bond acceptors (Lipinski definition) is 5. The molecule has 0 radical (unpaired) electrons. The molecule has 1 aliphatic carbocycles. The SMILES string of the molecule is COc1ccc(S(=O)(=O)NC2CCC(C(C)(C)C)CC2)cc1N1CCNCC1. The molecule has 1 aromatic rings. The number of sulfonamides is 1. The van der Waals surface area contributed by atoms with Crippen LogP contribution < -0.4 is 19.7 Å². The van der Waals surface area contributed by atoms with Crippen molar-refractivity contribution in [2.75, 3.05) is 38.2 Å². The third kappa shape index (κ3) is 4.99. The van der Waals surface area contributed by atoms with Gasteiger partial charge in [0, 0.05) is 32.2 Å². The number of methoxy groups -OCH3 is 1. The molecule has 7 heteroatoms. The molecule has 1 aliphatic heterocycles. The van der Waals surface area contributed by atoms with E-state index in [-0.39, 0.29) is 11.5 Å². The quantitative estimate of drug-likeness (QED) is 0.782. The molecule has 2 fully saturated rings. The molecule has 0 amide bonds. The van der Waals surface area contributed by atoms with E-state index in [2.05, 4.69) is 35.7 Å². The van der Waals surface area contributed by atoms with Gasteiger partial charge in [-0.3, -0.25) is 0 Å². The van der Waals surface area contributed by atoms with Gasteiger partial charge in [-0.15, -0.1) is 0 Å². The van der Waals surface area contributed by atoms with Gasteiger partial charge in [-0.1, -0.05) is 20.8 Å². The van der Waals surface area contributed by atoms with Gasteiger partial charge < -0.3 is 15.0 Å². The van der Waals surface area contributed by atoms with Crippen molar-refractivity contribution in [1.29, 1.82) is 0 Å². The van der Waals surface area contributed by atoms with Crippen molar-refractivity contribution in [3.05, 3.63) is 18.2 Å². The van der Waals surface area contributed by atoms with Crippen molar-refractivity contribution in [2.24, 2.45) is 11.3 Å². The standard InChI is InChI=1S/C21H35N3O3S/c1-21(2,3)16-5-7-17(8-6-16)23-28(25,26)18-9-10-20(27-4)19(15-18)24-13-11-22-12-14-24/h9-10,15-17,22-23H,5-8,11-14H2,1-4H3. The molecule has 6 nitrogen and oxygen atoms in total. The third-order valence-electron chi connectivity index (χ3n) is 6.19. The monoisotopic (exact) mass is 409 g/mol. The second-order valence-corrected chi connectivity index (χ2v) is 10.8. The van der Waals surface area contributed by atoms with Gasteiger partial charge in [-0.25, -0.2) is 13.1 Å². The van der Waals surface area contributed by atoms with E-state index in [9.17, 15) is 8.42 Å². The van der Waals surface area contributed by atoms with Gasteiger partial charge in [-0.2, -0.15) is 0 Å². The van der Waals surface area contributed by atoms with Crippen LogP contribution in [-0.2, 0) is 10.0 Å². The predicted octanol–water partition coefficient (Wildman–Crippen LogP) is 2.99. The summed E-state index contributed by atoms with van der Waals surface area (Å²) in [5, 5.41) is 3.32. The highest BCUT2D eigenvalue weighted by molar-refractivity contribution is 7.89. The lowest BCUT2D eigenvalue weighted by molar-refractivity contribution is 0.166. The number of nitrogens with zero attached hydrogens (tertiary/aromatic N) is 1. The van der Waals surface area contributed by atoms with Gasteiger partial charge in [0.15, 0.2) is 0 Å². The van der Waals surface area contributed by atoms with E-state index in [4.69, 9.17) is 4.74 Å². The van der Waals surface area contributed by atoms with Crippen molar-refractivity contribution in [3.8, 4) is 5.75 Å². The van der Waals surface area contributed by atoms with Crippen LogP contribution in [0.15, 0.2) is 23.1 Å². The smallest absolute Gasteiger partial charge is 0.240 e. The summed E-state index contributed by atoms with van der Waals surface area (Å²) in [5.74, 6) is 1.38. The average molecular weight is 410 g/mol. The van der Waals surface area contributed by atoms with Gasteiger partial charge in [0.05, 0.1) is 17.7 Å². The first-order chi connectivity index (χ1) is 13.2. The summed E-state index contributed by atoms with van der Waals surface area (Å²) in [5.41, 5.74) is 1.14. The summed E-state index contributed by atoms with van der Waals surface area (Å²) >= 11 is 0. The lowest BCUT2D eigenvalue weighted by Gasteiger charge is -2.37. The normalized spacial score (nSPS) is 24.2. The molecule has 0 bridgehead atoms. The topological polar surface area (TPSA) is 70.7 Å².